The van der Waals surface area contributed by atoms with Crippen molar-refractivity contribution in [2.45, 2.75) is 74.7 Å². The smallest absolute Gasteiger partial charge is 0.378 e. The molecular weight excluding hydrogens is 796 g/mol. The Bertz CT molecular complexity index is 2660. The molecule has 0 saturated heterocycles. The molecule has 3 aromatic heterocycles. The van der Waals surface area contributed by atoms with E-state index in [2.05, 4.69) is 32.1 Å². The van der Waals surface area contributed by atoms with Crippen molar-refractivity contribution < 1.29 is 49.1 Å². The summed E-state index contributed by atoms with van der Waals surface area (Å²) < 4.78 is 131. The first-order valence-electron chi connectivity index (χ1n) is 18.2. The summed E-state index contributed by atoms with van der Waals surface area (Å²) in [6.07, 6.45) is -2.27. The second-order valence-electron chi connectivity index (χ2n) is 15.1. The van der Waals surface area contributed by atoms with Crippen molar-refractivity contribution in [2.24, 2.45) is 13.0 Å². The van der Waals surface area contributed by atoms with Crippen LogP contribution in [0.15, 0.2) is 48.5 Å². The van der Waals surface area contributed by atoms with Gasteiger partial charge in [0.1, 0.15) is 35.2 Å². The molecule has 3 aliphatic rings. The summed E-state index contributed by atoms with van der Waals surface area (Å²) in [7, 11) is -2.22. The number of pyridine rings is 1. The Morgan fingerprint density at radius 2 is 1.76 bits per heavy atom. The molecule has 19 heteroatoms. The van der Waals surface area contributed by atoms with Crippen molar-refractivity contribution in [1.29, 1.82) is 0 Å². The molecule has 11 nitrogen and oxygen atoms in total. The minimum absolute atomic E-state index is 0.00293. The van der Waals surface area contributed by atoms with Gasteiger partial charge in [0.15, 0.2) is 11.5 Å². The van der Waals surface area contributed by atoms with E-state index < -0.39 is 86.6 Å². The molecule has 0 unspecified atom stereocenters. The summed E-state index contributed by atoms with van der Waals surface area (Å²) in [5.74, 6) is -3.29. The number of carbonyl (C=O) groups is 1. The Kier molecular flexibility index (Phi) is 9.38. The zero-order valence-corrected chi connectivity index (χ0v) is 31.6. The van der Waals surface area contributed by atoms with Gasteiger partial charge in [-0.3, -0.25) is 18.9 Å². The predicted octanol–water partition coefficient (Wildman–Crippen LogP) is 6.47. The van der Waals surface area contributed by atoms with Crippen LogP contribution in [-0.2, 0) is 46.9 Å². The van der Waals surface area contributed by atoms with E-state index in [1.807, 2.05) is 0 Å². The third-order valence-corrected chi connectivity index (χ3v) is 11.3. The normalized spacial score (nSPS) is 19.6. The highest BCUT2D eigenvalue weighted by Gasteiger charge is 2.68. The lowest BCUT2D eigenvalue weighted by molar-refractivity contribution is -0.142. The number of hydrogen-bond acceptors (Lipinski definition) is 7. The number of nitrogens with zero attached hydrogens (tertiary/aromatic N) is 5. The average molecular weight is 830 g/mol. The van der Waals surface area contributed by atoms with E-state index in [-0.39, 0.29) is 41.2 Å². The number of hydrogen-bond donors (Lipinski definition) is 3. The number of alkyl halides is 5. The van der Waals surface area contributed by atoms with Crippen LogP contribution < -0.4 is 10.0 Å². The number of aryl methyl sites for hydroxylation is 1. The molecule has 0 spiro atoms. The number of amides is 1. The van der Waals surface area contributed by atoms with Gasteiger partial charge in [-0.15, -0.1) is 0 Å². The number of benzene rings is 2. The van der Waals surface area contributed by atoms with E-state index in [1.54, 1.807) is 31.3 Å². The van der Waals surface area contributed by atoms with Crippen molar-refractivity contribution in [1.82, 2.24) is 29.9 Å². The maximum absolute atomic E-state index is 15.4. The van der Waals surface area contributed by atoms with Gasteiger partial charge in [-0.05, 0) is 86.3 Å². The number of halogens is 7. The zero-order chi connectivity index (χ0) is 41.5. The first kappa shape index (κ1) is 39.4. The molecule has 0 bridgehead atoms. The number of sulfonamides is 1. The first-order chi connectivity index (χ1) is 27.2. The maximum Gasteiger partial charge on any atom is 0.435 e. The number of carbonyl (C=O) groups excluding carboxylic acids is 1. The number of rotatable bonds is 9. The predicted molar refractivity (Wildman–Crippen MR) is 196 cm³/mol. The van der Waals surface area contributed by atoms with Crippen LogP contribution in [0.4, 0.5) is 36.6 Å². The molecular formula is C39H34F7N7O4S. The van der Waals surface area contributed by atoms with Gasteiger partial charge >= 0.3 is 6.18 Å². The summed E-state index contributed by atoms with van der Waals surface area (Å²) in [6.45, 7) is -1.07. The molecule has 0 aliphatic heterocycles. The largest absolute Gasteiger partial charge is 0.435 e. The second-order valence-corrected chi connectivity index (χ2v) is 16.9. The van der Waals surface area contributed by atoms with Gasteiger partial charge in [0.05, 0.1) is 23.5 Å². The average Bonchev–Trinajstić information content (AvgIpc) is 3.36. The highest BCUT2D eigenvalue weighted by atomic mass is 32.2. The van der Waals surface area contributed by atoms with E-state index in [1.165, 1.54) is 10.7 Å². The second kappa shape index (κ2) is 13.8. The van der Waals surface area contributed by atoms with Crippen molar-refractivity contribution in [3.05, 3.63) is 94.1 Å². The van der Waals surface area contributed by atoms with Gasteiger partial charge in [0.25, 0.3) is 5.92 Å². The number of anilines is 1. The van der Waals surface area contributed by atoms with E-state index in [0.29, 0.717) is 40.1 Å². The molecule has 1 amide bonds. The molecule has 304 valence electrons. The number of aliphatic hydroxyl groups is 1. The molecule has 3 heterocycles. The number of para-hydroxylation sites is 1. The summed E-state index contributed by atoms with van der Waals surface area (Å²) >= 11 is 0. The van der Waals surface area contributed by atoms with Crippen molar-refractivity contribution in [3.8, 4) is 23.0 Å². The summed E-state index contributed by atoms with van der Waals surface area (Å²) in [6, 6.07) is 9.30. The zero-order valence-electron chi connectivity index (χ0n) is 30.8. The van der Waals surface area contributed by atoms with Crippen LogP contribution in [0.1, 0.15) is 78.0 Å². The number of aromatic nitrogens is 5. The molecule has 5 aromatic rings. The molecule has 3 N–H and O–H groups in total. The van der Waals surface area contributed by atoms with Crippen molar-refractivity contribution >= 4 is 32.7 Å². The van der Waals surface area contributed by atoms with E-state index in [4.69, 9.17) is 4.98 Å². The van der Waals surface area contributed by atoms with Crippen LogP contribution in [0.25, 0.3) is 22.0 Å². The maximum atomic E-state index is 15.4. The van der Waals surface area contributed by atoms with E-state index in [9.17, 15) is 40.3 Å². The Labute approximate surface area is 326 Å². The summed E-state index contributed by atoms with van der Waals surface area (Å²) in [5.41, 5.74) is -3.13. The molecule has 0 radical (unpaired) electrons. The van der Waals surface area contributed by atoms with Crippen LogP contribution in [0.2, 0.25) is 0 Å². The van der Waals surface area contributed by atoms with Gasteiger partial charge in [-0.1, -0.05) is 18.1 Å². The van der Waals surface area contributed by atoms with Crippen LogP contribution in [0, 0.1) is 29.4 Å². The fourth-order valence-corrected chi connectivity index (χ4v) is 8.76. The fourth-order valence-electron chi connectivity index (χ4n) is 8.26. The quantitative estimate of drug-likeness (QED) is 0.114. The van der Waals surface area contributed by atoms with Crippen molar-refractivity contribution in [3.63, 3.8) is 0 Å². The molecule has 2 saturated carbocycles. The van der Waals surface area contributed by atoms with Crippen LogP contribution in [0.5, 0.6) is 0 Å². The van der Waals surface area contributed by atoms with Gasteiger partial charge < -0.3 is 10.4 Å². The van der Waals surface area contributed by atoms with Crippen LogP contribution in [0.3, 0.4) is 0 Å². The highest BCUT2D eigenvalue weighted by molar-refractivity contribution is 7.92. The number of fused-ring (bicyclic) bond motifs is 4. The third kappa shape index (κ3) is 7.39. The molecule has 3 aliphatic carbocycles. The van der Waals surface area contributed by atoms with Gasteiger partial charge in [0, 0.05) is 41.1 Å². The molecule has 3 atom stereocenters. The lowest BCUT2D eigenvalue weighted by Crippen LogP contribution is -2.35. The minimum atomic E-state index is -5.07. The van der Waals surface area contributed by atoms with Crippen LogP contribution in [-0.4, -0.2) is 55.8 Å². The van der Waals surface area contributed by atoms with Gasteiger partial charge in [-0.2, -0.15) is 32.1 Å². The Balaban J connectivity index is 1.26. The van der Waals surface area contributed by atoms with E-state index >= 15 is 8.78 Å². The topological polar surface area (TPSA) is 144 Å². The lowest BCUT2D eigenvalue weighted by Gasteiger charge is -2.23. The molecule has 58 heavy (non-hydrogen) atoms. The van der Waals surface area contributed by atoms with E-state index in [0.717, 1.165) is 31.2 Å². The van der Waals surface area contributed by atoms with Gasteiger partial charge in [-0.25, -0.2) is 22.2 Å². The molecule has 2 fully saturated rings. The summed E-state index contributed by atoms with van der Waals surface area (Å²) in [5, 5.41) is 21.8. The molecule has 2 aromatic carbocycles. The Morgan fingerprint density at radius 1 is 1.05 bits per heavy atom. The monoisotopic (exact) mass is 829 g/mol. The SMILES string of the molecule is Cn1nc(NS(C)(=O)=O)c2cccc(-c3ccc(C#CC4(O)CCCC4)nc3[C@H](Cc3cc(F)cc(F)c3)NC(=O)Cn3nc(C(F)(F)F)c4c3C(F)(F)[C@@H]3C[C@H]43)c21. The number of nitrogens with one attached hydrogen (secondary N) is 2. The van der Waals surface area contributed by atoms with Crippen LogP contribution >= 0.6 is 0 Å². The molecule has 8 rings (SSSR count). The standard InChI is InChI=1S/C39H34F7N7O4S/c1-52-33-25(6-5-7-26(33)36(50-52)51-58(2,56)57)24-9-8-23(10-13-37(55)11-3-4-12-37)47-32(24)29(16-20-14-21(40)17-22(41)15-20)48-30(54)19-53-35-31(34(49-53)39(44,45)46)27-18-28(27)38(35,42)43/h5-9,14-15,17,27-29,55H,3-4,11-12,16,18-19H2,1-2H3,(H,48,54)(H,50,51)/t27-,28+,29-/m0/s1. The fraction of sp³-hybridized carbons (Fsp3) is 0.385. The lowest BCUT2D eigenvalue weighted by atomic mass is 9.93. The van der Waals surface area contributed by atoms with Crippen molar-refractivity contribution in [2.75, 3.05) is 11.0 Å². The highest BCUT2D eigenvalue weighted by Crippen LogP contribution is 2.68. The summed E-state index contributed by atoms with van der Waals surface area (Å²) in [4.78, 5) is 18.7. The Hall–Kier alpha value is -5.48. The third-order valence-electron chi connectivity index (χ3n) is 10.7. The van der Waals surface area contributed by atoms with Gasteiger partial charge in [0.2, 0.25) is 15.9 Å². The first-order valence-corrected chi connectivity index (χ1v) is 20.1. The Morgan fingerprint density at radius 3 is 2.43 bits per heavy atom. The minimum Gasteiger partial charge on any atom is -0.378 e.